The lowest BCUT2D eigenvalue weighted by Crippen LogP contribution is -2.30. The minimum atomic E-state index is -0.661. The third-order valence-corrected chi connectivity index (χ3v) is 3.56. The predicted octanol–water partition coefficient (Wildman–Crippen LogP) is 3.94. The molecule has 2 rings (SSSR count). The van der Waals surface area contributed by atoms with E-state index >= 15 is 0 Å². The fourth-order valence-electron chi connectivity index (χ4n) is 1.99. The average Bonchev–Trinajstić information content (AvgIpc) is 2.46. The summed E-state index contributed by atoms with van der Waals surface area (Å²) in [6.07, 6.45) is 0. The van der Waals surface area contributed by atoms with Crippen molar-refractivity contribution in [2.75, 3.05) is 11.9 Å². The number of hydrogen-bond acceptors (Lipinski definition) is 1. The molecule has 19 heavy (non-hydrogen) atoms. The van der Waals surface area contributed by atoms with Crippen LogP contribution in [0.3, 0.4) is 0 Å². The minimum Gasteiger partial charge on any atom is -0.314 e. The number of halogens is 1. The molecular formula is C16H16ClNO. The Hall–Kier alpha value is -1.80. The number of likely N-dealkylation sites (N-methyl/N-ethyl adjacent to an activating group) is 1. The molecule has 0 saturated carbocycles. The number of nitrogens with zero attached hydrogens (tertiary/aromatic N) is 1. The second-order valence-corrected chi connectivity index (χ2v) is 4.89. The van der Waals surface area contributed by atoms with Crippen LogP contribution in [-0.2, 0) is 4.79 Å². The molecule has 98 valence electrons. The van der Waals surface area contributed by atoms with E-state index in [1.807, 2.05) is 61.5 Å². The van der Waals surface area contributed by atoms with Gasteiger partial charge in [-0.2, -0.15) is 0 Å². The summed E-state index contributed by atoms with van der Waals surface area (Å²) in [6.45, 7) is 1.98. The van der Waals surface area contributed by atoms with Crippen LogP contribution in [0.4, 0.5) is 5.69 Å². The van der Waals surface area contributed by atoms with Gasteiger partial charge in [0.25, 0.3) is 0 Å². The summed E-state index contributed by atoms with van der Waals surface area (Å²) in [7, 11) is 1.75. The quantitative estimate of drug-likeness (QED) is 0.776. The number of rotatable bonds is 3. The molecule has 0 fully saturated rings. The Bertz CT molecular complexity index is 568. The number of carbonyl (C=O) groups excluding carboxylic acids is 1. The monoisotopic (exact) mass is 273 g/mol. The van der Waals surface area contributed by atoms with Gasteiger partial charge in [-0.05, 0) is 24.1 Å². The van der Waals surface area contributed by atoms with Gasteiger partial charge in [0.2, 0.25) is 5.91 Å². The Kier molecular flexibility index (Phi) is 4.23. The van der Waals surface area contributed by atoms with Crippen LogP contribution in [0, 0.1) is 6.92 Å². The van der Waals surface area contributed by atoms with Crippen LogP contribution in [0.2, 0.25) is 0 Å². The van der Waals surface area contributed by atoms with Crippen LogP contribution >= 0.6 is 11.6 Å². The zero-order chi connectivity index (χ0) is 13.8. The largest absolute Gasteiger partial charge is 0.314 e. The van der Waals surface area contributed by atoms with Crippen molar-refractivity contribution in [2.45, 2.75) is 12.3 Å². The van der Waals surface area contributed by atoms with Gasteiger partial charge in [0.15, 0.2) is 0 Å². The van der Waals surface area contributed by atoms with Crippen LogP contribution in [0.25, 0.3) is 0 Å². The molecule has 3 heteroatoms. The topological polar surface area (TPSA) is 20.3 Å². The van der Waals surface area contributed by atoms with Crippen molar-refractivity contribution < 1.29 is 4.79 Å². The Labute approximate surface area is 118 Å². The first-order valence-corrected chi connectivity index (χ1v) is 6.57. The van der Waals surface area contributed by atoms with Crippen molar-refractivity contribution >= 4 is 23.2 Å². The number of amides is 1. The maximum absolute atomic E-state index is 12.4. The predicted molar refractivity (Wildman–Crippen MR) is 79.6 cm³/mol. The van der Waals surface area contributed by atoms with Gasteiger partial charge in [-0.3, -0.25) is 4.79 Å². The lowest BCUT2D eigenvalue weighted by atomic mass is 10.1. The highest BCUT2D eigenvalue weighted by molar-refractivity contribution is 6.32. The van der Waals surface area contributed by atoms with Gasteiger partial charge in [-0.15, -0.1) is 11.6 Å². The maximum Gasteiger partial charge on any atom is 0.249 e. The van der Waals surface area contributed by atoms with Gasteiger partial charge in [-0.1, -0.05) is 48.5 Å². The average molecular weight is 274 g/mol. The zero-order valence-corrected chi connectivity index (χ0v) is 11.8. The Balaban J connectivity index is 2.23. The molecule has 0 aromatic heterocycles. The van der Waals surface area contributed by atoms with E-state index < -0.39 is 5.38 Å². The number of anilines is 1. The molecule has 0 aliphatic carbocycles. The molecule has 2 nitrogen and oxygen atoms in total. The van der Waals surface area contributed by atoms with Crippen molar-refractivity contribution in [1.29, 1.82) is 0 Å². The van der Waals surface area contributed by atoms with Gasteiger partial charge in [0.05, 0.1) is 0 Å². The standard InChI is InChI=1S/C16H16ClNO/c1-12-8-6-7-11-14(12)18(2)16(19)15(17)13-9-4-3-5-10-13/h3-11,15H,1-2H3. The molecule has 0 heterocycles. The fraction of sp³-hybridized carbons (Fsp3) is 0.188. The van der Waals surface area contributed by atoms with E-state index in [1.165, 1.54) is 0 Å². The molecule has 1 unspecified atom stereocenters. The zero-order valence-electron chi connectivity index (χ0n) is 11.0. The first kappa shape index (κ1) is 13.6. The van der Waals surface area contributed by atoms with E-state index in [0.717, 1.165) is 16.8 Å². The van der Waals surface area contributed by atoms with Crippen molar-refractivity contribution in [3.63, 3.8) is 0 Å². The molecule has 2 aromatic carbocycles. The molecule has 0 saturated heterocycles. The smallest absolute Gasteiger partial charge is 0.249 e. The molecular weight excluding hydrogens is 258 g/mol. The summed E-state index contributed by atoms with van der Waals surface area (Å²) in [4.78, 5) is 14.0. The molecule has 0 aliphatic rings. The van der Waals surface area contributed by atoms with E-state index in [-0.39, 0.29) is 5.91 Å². The number of alkyl halides is 1. The highest BCUT2D eigenvalue weighted by atomic mass is 35.5. The summed E-state index contributed by atoms with van der Waals surface area (Å²) < 4.78 is 0. The van der Waals surface area contributed by atoms with E-state index in [1.54, 1.807) is 11.9 Å². The third-order valence-electron chi connectivity index (χ3n) is 3.12. The SMILES string of the molecule is Cc1ccccc1N(C)C(=O)C(Cl)c1ccccc1. The lowest BCUT2D eigenvalue weighted by Gasteiger charge is -2.22. The van der Waals surface area contributed by atoms with Gasteiger partial charge in [0.1, 0.15) is 5.38 Å². The molecule has 1 amide bonds. The van der Waals surface area contributed by atoms with E-state index in [9.17, 15) is 4.79 Å². The van der Waals surface area contributed by atoms with Crippen molar-refractivity contribution in [3.05, 3.63) is 65.7 Å². The Morgan fingerprint density at radius 1 is 1.05 bits per heavy atom. The van der Waals surface area contributed by atoms with Gasteiger partial charge < -0.3 is 4.90 Å². The third kappa shape index (κ3) is 2.96. The molecule has 0 radical (unpaired) electrons. The second-order valence-electron chi connectivity index (χ2n) is 4.46. The summed E-state index contributed by atoms with van der Waals surface area (Å²) >= 11 is 6.26. The molecule has 2 aromatic rings. The van der Waals surface area contributed by atoms with E-state index in [4.69, 9.17) is 11.6 Å². The highest BCUT2D eigenvalue weighted by Gasteiger charge is 2.22. The molecule has 0 N–H and O–H groups in total. The van der Waals surface area contributed by atoms with Crippen LogP contribution in [0.5, 0.6) is 0 Å². The van der Waals surface area contributed by atoms with Crippen LogP contribution in [-0.4, -0.2) is 13.0 Å². The van der Waals surface area contributed by atoms with Gasteiger partial charge in [0, 0.05) is 12.7 Å². The van der Waals surface area contributed by atoms with Gasteiger partial charge >= 0.3 is 0 Å². The normalized spacial score (nSPS) is 11.9. The maximum atomic E-state index is 12.4. The summed E-state index contributed by atoms with van der Waals surface area (Å²) in [5.74, 6) is -0.123. The molecule has 0 spiro atoms. The molecule has 1 atom stereocenters. The van der Waals surface area contributed by atoms with Crippen molar-refractivity contribution in [2.24, 2.45) is 0 Å². The minimum absolute atomic E-state index is 0.123. The summed E-state index contributed by atoms with van der Waals surface area (Å²) in [6, 6.07) is 17.2. The van der Waals surface area contributed by atoms with Crippen LogP contribution in [0.1, 0.15) is 16.5 Å². The number of benzene rings is 2. The molecule has 0 bridgehead atoms. The number of hydrogen-bond donors (Lipinski definition) is 0. The van der Waals surface area contributed by atoms with Gasteiger partial charge in [-0.25, -0.2) is 0 Å². The first-order valence-electron chi connectivity index (χ1n) is 6.13. The Morgan fingerprint density at radius 2 is 1.63 bits per heavy atom. The number of aryl methyl sites for hydroxylation is 1. The number of para-hydroxylation sites is 1. The second kappa shape index (κ2) is 5.89. The summed E-state index contributed by atoms with van der Waals surface area (Å²) in [5.41, 5.74) is 2.75. The Morgan fingerprint density at radius 3 is 2.26 bits per heavy atom. The van der Waals surface area contributed by atoms with Crippen LogP contribution < -0.4 is 4.90 Å². The number of carbonyl (C=O) groups is 1. The fourth-order valence-corrected chi connectivity index (χ4v) is 2.28. The highest BCUT2D eigenvalue weighted by Crippen LogP contribution is 2.26. The van der Waals surface area contributed by atoms with Crippen LogP contribution in [0.15, 0.2) is 54.6 Å². The van der Waals surface area contributed by atoms with Crippen molar-refractivity contribution in [1.82, 2.24) is 0 Å². The van der Waals surface area contributed by atoms with E-state index in [2.05, 4.69) is 0 Å². The molecule has 0 aliphatic heterocycles. The lowest BCUT2D eigenvalue weighted by molar-refractivity contribution is -0.118. The van der Waals surface area contributed by atoms with E-state index in [0.29, 0.717) is 0 Å². The summed E-state index contributed by atoms with van der Waals surface area (Å²) in [5, 5.41) is -0.661. The van der Waals surface area contributed by atoms with Crippen molar-refractivity contribution in [3.8, 4) is 0 Å². The first-order chi connectivity index (χ1) is 9.11.